The number of hydrogen-bond acceptors (Lipinski definition) is 6. The van der Waals surface area contributed by atoms with Crippen molar-refractivity contribution in [1.29, 1.82) is 0 Å². The molecule has 0 rings (SSSR count). The van der Waals surface area contributed by atoms with E-state index in [1.807, 2.05) is 0 Å². The zero-order chi connectivity index (χ0) is 54.3. The minimum Gasteiger partial charge on any atom is -0.462 e. The molecule has 0 saturated heterocycles. The van der Waals surface area contributed by atoms with Gasteiger partial charge in [0, 0.05) is 19.3 Å². The van der Waals surface area contributed by atoms with Crippen LogP contribution in [-0.2, 0) is 28.6 Å². The van der Waals surface area contributed by atoms with Crippen LogP contribution in [0.15, 0.2) is 24.3 Å². The summed E-state index contributed by atoms with van der Waals surface area (Å²) in [5.74, 6) is -0.871. The number of rotatable bonds is 63. The summed E-state index contributed by atoms with van der Waals surface area (Å²) >= 11 is 0. The molecule has 0 saturated carbocycles. The molecule has 0 N–H and O–H groups in total. The summed E-state index contributed by atoms with van der Waals surface area (Å²) in [6.45, 7) is 6.63. The van der Waals surface area contributed by atoms with Crippen LogP contribution >= 0.6 is 0 Å². The van der Waals surface area contributed by atoms with Crippen LogP contribution in [0.5, 0.6) is 0 Å². The van der Waals surface area contributed by atoms with Gasteiger partial charge in [0.1, 0.15) is 13.2 Å². The number of carbonyl (C=O) groups excluding carboxylic acids is 3. The van der Waals surface area contributed by atoms with Gasteiger partial charge in [0.15, 0.2) is 6.10 Å². The highest BCUT2D eigenvalue weighted by Gasteiger charge is 2.19. The molecule has 0 aliphatic rings. The van der Waals surface area contributed by atoms with Crippen molar-refractivity contribution in [3.05, 3.63) is 24.3 Å². The number of ether oxygens (including phenoxy) is 3. The van der Waals surface area contributed by atoms with Gasteiger partial charge in [0.05, 0.1) is 0 Å². The molecule has 6 nitrogen and oxygen atoms in total. The van der Waals surface area contributed by atoms with Gasteiger partial charge in [-0.3, -0.25) is 14.4 Å². The van der Waals surface area contributed by atoms with E-state index in [0.29, 0.717) is 19.3 Å². The molecule has 0 aromatic heterocycles. The number of hydrogen-bond donors (Lipinski definition) is 0. The monoisotopic (exact) mass is 1050 g/mol. The third kappa shape index (κ3) is 62.6. The van der Waals surface area contributed by atoms with Gasteiger partial charge in [-0.05, 0) is 64.2 Å². The topological polar surface area (TPSA) is 78.9 Å². The van der Waals surface area contributed by atoms with Gasteiger partial charge >= 0.3 is 17.9 Å². The van der Waals surface area contributed by atoms with Crippen molar-refractivity contribution in [2.45, 2.75) is 386 Å². The molecule has 0 fully saturated rings. The van der Waals surface area contributed by atoms with Gasteiger partial charge in [-0.25, -0.2) is 0 Å². The SMILES string of the molecule is CCCC/C=C\CCCCCCCC(=O)OCC(COC(=O)CCCCCCCCCCCCCCCCCCCCCCCCCCCCCCCCCCC)OC(=O)CCCCCCC/C=C\CCCCCC. The van der Waals surface area contributed by atoms with Gasteiger partial charge in [-0.15, -0.1) is 0 Å². The molecule has 1 unspecified atom stereocenters. The molecule has 0 amide bonds. The van der Waals surface area contributed by atoms with Gasteiger partial charge < -0.3 is 14.2 Å². The quantitative estimate of drug-likeness (QED) is 0.0261. The number of carbonyl (C=O) groups is 3. The van der Waals surface area contributed by atoms with Gasteiger partial charge in [-0.1, -0.05) is 321 Å². The largest absolute Gasteiger partial charge is 0.462 e. The summed E-state index contributed by atoms with van der Waals surface area (Å²) in [7, 11) is 0. The molecule has 0 aliphatic heterocycles. The molecule has 6 heteroatoms. The summed E-state index contributed by atoms with van der Waals surface area (Å²) in [5, 5.41) is 0. The van der Waals surface area contributed by atoms with E-state index in [1.165, 1.54) is 270 Å². The first-order chi connectivity index (χ1) is 37.0. The summed E-state index contributed by atoms with van der Waals surface area (Å²) in [5.41, 5.74) is 0. The third-order valence-corrected chi connectivity index (χ3v) is 15.4. The molecule has 0 heterocycles. The van der Waals surface area contributed by atoms with Gasteiger partial charge in [0.25, 0.3) is 0 Å². The molecule has 0 spiro atoms. The average molecular weight is 1060 g/mol. The van der Waals surface area contributed by atoms with Crippen molar-refractivity contribution in [1.82, 2.24) is 0 Å². The lowest BCUT2D eigenvalue weighted by Crippen LogP contribution is -2.30. The Hall–Kier alpha value is -2.11. The Morgan fingerprint density at radius 2 is 0.453 bits per heavy atom. The van der Waals surface area contributed by atoms with Crippen molar-refractivity contribution >= 4 is 17.9 Å². The van der Waals surface area contributed by atoms with Crippen molar-refractivity contribution in [3.8, 4) is 0 Å². The fraction of sp³-hybridized carbons (Fsp3) is 0.899. The Balaban J connectivity index is 3.99. The summed E-state index contributed by atoms with van der Waals surface area (Å²) in [6, 6.07) is 0. The van der Waals surface area contributed by atoms with Crippen LogP contribution in [0, 0.1) is 0 Å². The highest BCUT2D eigenvalue weighted by molar-refractivity contribution is 5.71. The fourth-order valence-corrected chi connectivity index (χ4v) is 10.3. The van der Waals surface area contributed by atoms with Crippen LogP contribution in [0.2, 0.25) is 0 Å². The Labute approximate surface area is 468 Å². The summed E-state index contributed by atoms with van der Waals surface area (Å²) in [4.78, 5) is 38.2. The predicted molar refractivity (Wildman–Crippen MR) is 326 cm³/mol. The Kier molecular flexibility index (Phi) is 62.6. The lowest BCUT2D eigenvalue weighted by atomic mass is 10.0. The highest BCUT2D eigenvalue weighted by atomic mass is 16.6. The molecule has 442 valence electrons. The van der Waals surface area contributed by atoms with Crippen LogP contribution in [0.4, 0.5) is 0 Å². The fourth-order valence-electron chi connectivity index (χ4n) is 10.3. The van der Waals surface area contributed by atoms with Crippen LogP contribution in [0.3, 0.4) is 0 Å². The third-order valence-electron chi connectivity index (χ3n) is 15.4. The molecule has 75 heavy (non-hydrogen) atoms. The second-order valence-corrected chi connectivity index (χ2v) is 23.1. The molecule has 1 atom stereocenters. The van der Waals surface area contributed by atoms with E-state index < -0.39 is 6.10 Å². The van der Waals surface area contributed by atoms with Crippen molar-refractivity contribution < 1.29 is 28.6 Å². The van der Waals surface area contributed by atoms with E-state index in [-0.39, 0.29) is 31.1 Å². The molecular formula is C69H130O6. The van der Waals surface area contributed by atoms with E-state index in [4.69, 9.17) is 14.2 Å². The molecule has 0 radical (unpaired) electrons. The van der Waals surface area contributed by atoms with Crippen molar-refractivity contribution in [3.63, 3.8) is 0 Å². The molecular weight excluding hydrogens is 925 g/mol. The summed E-state index contributed by atoms with van der Waals surface area (Å²) in [6.07, 6.45) is 78.0. The zero-order valence-corrected chi connectivity index (χ0v) is 50.8. The Morgan fingerprint density at radius 1 is 0.253 bits per heavy atom. The minimum atomic E-state index is -0.775. The second kappa shape index (κ2) is 64.4. The zero-order valence-electron chi connectivity index (χ0n) is 50.8. The maximum absolute atomic E-state index is 12.8. The lowest BCUT2D eigenvalue weighted by molar-refractivity contribution is -0.167. The normalized spacial score (nSPS) is 12.1. The highest BCUT2D eigenvalue weighted by Crippen LogP contribution is 2.19. The Morgan fingerprint density at radius 3 is 0.720 bits per heavy atom. The number of esters is 3. The maximum atomic E-state index is 12.8. The van der Waals surface area contributed by atoms with Crippen LogP contribution in [-0.4, -0.2) is 37.2 Å². The van der Waals surface area contributed by atoms with Crippen molar-refractivity contribution in [2.75, 3.05) is 13.2 Å². The standard InChI is InChI=1S/C69H130O6/c1-4-7-10-13-16-19-22-24-25-26-27-28-29-30-31-32-33-34-35-36-37-38-39-40-41-42-43-45-47-50-53-56-59-62-68(71)74-65-66(64-73-67(70)61-58-55-52-49-46-21-18-15-12-9-6-3)75-69(72)63-60-57-54-51-48-44-23-20-17-14-11-8-5-2/h15,18,20,23,66H,4-14,16-17,19,21-22,24-65H2,1-3H3/b18-15-,23-20-. The van der Waals surface area contributed by atoms with E-state index >= 15 is 0 Å². The van der Waals surface area contributed by atoms with Crippen molar-refractivity contribution in [2.24, 2.45) is 0 Å². The maximum Gasteiger partial charge on any atom is 0.306 e. The van der Waals surface area contributed by atoms with Gasteiger partial charge in [-0.2, -0.15) is 0 Å². The lowest BCUT2D eigenvalue weighted by Gasteiger charge is -2.18. The molecule has 0 aliphatic carbocycles. The first-order valence-electron chi connectivity index (χ1n) is 33.8. The molecule has 0 bridgehead atoms. The van der Waals surface area contributed by atoms with Gasteiger partial charge in [0.2, 0.25) is 0 Å². The smallest absolute Gasteiger partial charge is 0.306 e. The second-order valence-electron chi connectivity index (χ2n) is 23.1. The Bertz CT molecular complexity index is 1210. The summed E-state index contributed by atoms with van der Waals surface area (Å²) < 4.78 is 16.9. The van der Waals surface area contributed by atoms with E-state index in [1.54, 1.807) is 0 Å². The first kappa shape index (κ1) is 72.9. The minimum absolute atomic E-state index is 0.0729. The van der Waals surface area contributed by atoms with Crippen LogP contribution in [0.25, 0.3) is 0 Å². The van der Waals surface area contributed by atoms with E-state index in [0.717, 1.165) is 70.6 Å². The average Bonchev–Trinajstić information content (AvgIpc) is 3.41. The first-order valence-corrected chi connectivity index (χ1v) is 33.8. The van der Waals surface area contributed by atoms with Crippen LogP contribution < -0.4 is 0 Å². The van der Waals surface area contributed by atoms with E-state index in [2.05, 4.69) is 45.1 Å². The predicted octanol–water partition coefficient (Wildman–Crippen LogP) is 23.0. The molecule has 0 aromatic rings. The molecule has 0 aromatic carbocycles. The van der Waals surface area contributed by atoms with E-state index in [9.17, 15) is 14.4 Å². The number of allylic oxidation sites excluding steroid dienone is 4. The number of unbranched alkanes of at least 4 members (excludes halogenated alkanes) is 48. The van der Waals surface area contributed by atoms with Crippen LogP contribution in [0.1, 0.15) is 380 Å².